The molecule has 1 fully saturated rings. The number of aliphatic imine (C=N–C) groups is 1. The van der Waals surface area contributed by atoms with E-state index in [9.17, 15) is 4.79 Å². The van der Waals surface area contributed by atoms with Gasteiger partial charge in [-0.2, -0.15) is 0 Å². The minimum Gasteiger partial charge on any atom is -0.454 e. The van der Waals surface area contributed by atoms with Crippen molar-refractivity contribution in [2.45, 2.75) is 6.92 Å². The second-order valence-corrected chi connectivity index (χ2v) is 7.65. The first-order valence-corrected chi connectivity index (χ1v) is 10.6. The smallest absolute Gasteiger partial charge is 0.258 e. The lowest BCUT2D eigenvalue weighted by Gasteiger charge is -2.25. The number of carbonyl (C=O) groups excluding carboxylic acids is 1. The van der Waals surface area contributed by atoms with Gasteiger partial charge in [0.15, 0.2) is 11.5 Å². The van der Waals surface area contributed by atoms with Crippen molar-refractivity contribution >= 4 is 29.2 Å². The number of anilines is 1. The Labute approximate surface area is 186 Å². The van der Waals surface area contributed by atoms with Crippen LogP contribution in [0.5, 0.6) is 11.5 Å². The van der Waals surface area contributed by atoms with Gasteiger partial charge in [0.05, 0.1) is 19.8 Å². The Hall–Kier alpha value is -2.81. The fourth-order valence-corrected chi connectivity index (χ4v) is 3.50. The Morgan fingerprint density at radius 3 is 2.81 bits per heavy atom. The third-order valence-electron chi connectivity index (χ3n) is 5.18. The van der Waals surface area contributed by atoms with Gasteiger partial charge in [0.1, 0.15) is 0 Å². The zero-order valence-corrected chi connectivity index (χ0v) is 18.1. The molecule has 9 heteroatoms. The highest BCUT2D eigenvalue weighted by Crippen LogP contribution is 2.32. The largest absolute Gasteiger partial charge is 0.454 e. The van der Waals surface area contributed by atoms with Gasteiger partial charge in [-0.3, -0.25) is 20.0 Å². The van der Waals surface area contributed by atoms with E-state index in [2.05, 4.69) is 20.5 Å². The molecule has 0 saturated carbocycles. The Morgan fingerprint density at radius 2 is 1.97 bits per heavy atom. The maximum Gasteiger partial charge on any atom is 0.258 e. The maximum atomic E-state index is 12.9. The molecule has 2 heterocycles. The average molecular weight is 445 g/mol. The Kier molecular flexibility index (Phi) is 6.91. The van der Waals surface area contributed by atoms with Crippen LogP contribution in [0.25, 0.3) is 0 Å². The summed E-state index contributed by atoms with van der Waals surface area (Å²) >= 11 is 6.25. The summed E-state index contributed by atoms with van der Waals surface area (Å²) in [4.78, 5) is 19.8. The molecule has 1 saturated heterocycles. The summed E-state index contributed by atoms with van der Waals surface area (Å²) in [6.07, 6.45) is 0. The fourth-order valence-electron chi connectivity index (χ4n) is 3.33. The maximum absolute atomic E-state index is 12.9. The molecule has 0 atom stereocenters. The number of benzene rings is 2. The van der Waals surface area contributed by atoms with Crippen LogP contribution in [0.1, 0.15) is 15.9 Å². The number of hydrogen-bond donors (Lipinski definition) is 2. The molecule has 0 radical (unpaired) electrons. The van der Waals surface area contributed by atoms with Gasteiger partial charge in [-0.05, 0) is 42.8 Å². The molecule has 0 bridgehead atoms. The van der Waals surface area contributed by atoms with E-state index < -0.39 is 0 Å². The first-order valence-electron chi connectivity index (χ1n) is 10.2. The second-order valence-electron chi connectivity index (χ2n) is 7.24. The molecule has 2 aromatic carbocycles. The predicted molar refractivity (Wildman–Crippen MR) is 119 cm³/mol. The molecule has 0 unspecified atom stereocenters. The number of amides is 1. The number of guanidine groups is 1. The van der Waals surface area contributed by atoms with E-state index >= 15 is 0 Å². The quantitative estimate of drug-likeness (QED) is 0.545. The number of carbonyl (C=O) groups is 1. The number of morpholine rings is 1. The third kappa shape index (κ3) is 5.46. The second kappa shape index (κ2) is 10.00. The molecule has 1 amide bonds. The number of nitrogens with zero attached hydrogens (tertiary/aromatic N) is 2. The van der Waals surface area contributed by atoms with Crippen LogP contribution in [0.2, 0.25) is 5.02 Å². The number of hydrogen-bond acceptors (Lipinski definition) is 6. The van der Waals surface area contributed by atoms with Crippen molar-refractivity contribution in [2.75, 3.05) is 51.5 Å². The highest BCUT2D eigenvalue weighted by Gasteiger charge is 2.18. The zero-order valence-electron chi connectivity index (χ0n) is 17.3. The number of nitrogens with one attached hydrogen (secondary N) is 2. The summed E-state index contributed by atoms with van der Waals surface area (Å²) in [5.74, 6) is 1.25. The Bertz CT molecular complexity index is 976. The van der Waals surface area contributed by atoms with Crippen LogP contribution in [0, 0.1) is 6.92 Å². The molecule has 164 valence electrons. The molecule has 0 aliphatic carbocycles. The summed E-state index contributed by atoms with van der Waals surface area (Å²) in [6, 6.07) is 10.6. The number of rotatable bonds is 5. The van der Waals surface area contributed by atoms with Crippen LogP contribution in [0.4, 0.5) is 5.69 Å². The predicted octanol–water partition coefficient (Wildman–Crippen LogP) is 2.91. The lowest BCUT2D eigenvalue weighted by Crippen LogP contribution is -2.39. The first-order chi connectivity index (χ1) is 15.1. The van der Waals surface area contributed by atoms with E-state index in [1.165, 1.54) is 0 Å². The van der Waals surface area contributed by atoms with Gasteiger partial charge in [0, 0.05) is 35.9 Å². The van der Waals surface area contributed by atoms with Gasteiger partial charge in [-0.25, -0.2) is 0 Å². The average Bonchev–Trinajstić information content (AvgIpc) is 3.25. The van der Waals surface area contributed by atoms with Crippen molar-refractivity contribution in [3.05, 3.63) is 52.5 Å². The molecule has 2 aromatic rings. The molecule has 0 aromatic heterocycles. The van der Waals surface area contributed by atoms with Gasteiger partial charge >= 0.3 is 0 Å². The third-order valence-corrected chi connectivity index (χ3v) is 5.59. The van der Waals surface area contributed by atoms with Gasteiger partial charge in [0.2, 0.25) is 12.8 Å². The molecular formula is C22H25ClN4O4. The normalized spacial score (nSPS) is 16.3. The van der Waals surface area contributed by atoms with E-state index in [0.29, 0.717) is 34.6 Å². The molecule has 2 aliphatic heterocycles. The van der Waals surface area contributed by atoms with Gasteiger partial charge in [0.25, 0.3) is 5.91 Å². The topological polar surface area (TPSA) is 84.4 Å². The lowest BCUT2D eigenvalue weighted by atomic mass is 10.2. The summed E-state index contributed by atoms with van der Waals surface area (Å²) in [7, 11) is 0. The van der Waals surface area contributed by atoms with Crippen LogP contribution in [0.15, 0.2) is 41.4 Å². The number of fused-ring (bicyclic) bond motifs is 1. The van der Waals surface area contributed by atoms with Gasteiger partial charge in [-0.1, -0.05) is 17.7 Å². The molecule has 0 spiro atoms. The molecule has 4 rings (SSSR count). The van der Waals surface area contributed by atoms with Crippen LogP contribution >= 0.6 is 11.6 Å². The monoisotopic (exact) mass is 444 g/mol. The molecule has 2 aliphatic rings. The lowest BCUT2D eigenvalue weighted by molar-refractivity contribution is 0.0394. The molecule has 31 heavy (non-hydrogen) atoms. The molecule has 8 nitrogen and oxygen atoms in total. The van der Waals surface area contributed by atoms with Crippen molar-refractivity contribution in [1.82, 2.24) is 10.2 Å². The van der Waals surface area contributed by atoms with Crippen LogP contribution < -0.4 is 20.1 Å². The summed E-state index contributed by atoms with van der Waals surface area (Å²) in [6.45, 7) is 6.62. The van der Waals surface area contributed by atoms with E-state index in [1.807, 2.05) is 25.1 Å². The molecular weight excluding hydrogens is 420 g/mol. The van der Waals surface area contributed by atoms with Crippen molar-refractivity contribution < 1.29 is 19.0 Å². The van der Waals surface area contributed by atoms with E-state index in [1.54, 1.807) is 18.2 Å². The summed E-state index contributed by atoms with van der Waals surface area (Å²) < 4.78 is 16.1. The van der Waals surface area contributed by atoms with Crippen molar-refractivity contribution in [3.8, 4) is 11.5 Å². The van der Waals surface area contributed by atoms with Gasteiger partial charge in [-0.15, -0.1) is 0 Å². The van der Waals surface area contributed by atoms with Crippen molar-refractivity contribution in [1.29, 1.82) is 0 Å². The molecule has 2 N–H and O–H groups in total. The Balaban J connectivity index is 1.48. The van der Waals surface area contributed by atoms with Crippen LogP contribution in [-0.4, -0.2) is 63.0 Å². The Morgan fingerprint density at radius 1 is 1.16 bits per heavy atom. The minimum absolute atomic E-state index is 0.157. The minimum atomic E-state index is -0.296. The van der Waals surface area contributed by atoms with Crippen molar-refractivity contribution in [2.24, 2.45) is 4.99 Å². The standard InChI is InChI=1S/C22H25ClN4O4/c1-15-17(23)3-2-4-18(15)25-22(24-7-8-27-9-11-29-12-10-27)26-21(28)16-5-6-19-20(13-16)31-14-30-19/h2-6,13H,7-12,14H2,1H3,(H2,24,25,26,28). The van der Waals surface area contributed by atoms with Crippen LogP contribution in [0.3, 0.4) is 0 Å². The summed E-state index contributed by atoms with van der Waals surface area (Å²) in [5, 5.41) is 6.73. The summed E-state index contributed by atoms with van der Waals surface area (Å²) in [5.41, 5.74) is 2.11. The van der Waals surface area contributed by atoms with Crippen molar-refractivity contribution in [3.63, 3.8) is 0 Å². The zero-order chi connectivity index (χ0) is 21.6. The highest BCUT2D eigenvalue weighted by molar-refractivity contribution is 6.31. The first kappa shape index (κ1) is 21.4. The van der Waals surface area contributed by atoms with E-state index in [-0.39, 0.29) is 12.7 Å². The SMILES string of the molecule is Cc1c(Cl)cccc1NC(=NCCN1CCOCC1)NC(=O)c1ccc2c(c1)OCO2. The highest BCUT2D eigenvalue weighted by atomic mass is 35.5. The van der Waals surface area contributed by atoms with E-state index in [4.69, 9.17) is 25.8 Å². The van der Waals surface area contributed by atoms with E-state index in [0.717, 1.165) is 44.1 Å². The fraction of sp³-hybridized carbons (Fsp3) is 0.364. The number of ether oxygens (including phenoxy) is 3. The number of halogens is 1. The van der Waals surface area contributed by atoms with Gasteiger partial charge < -0.3 is 19.5 Å². The van der Waals surface area contributed by atoms with Crippen LogP contribution in [-0.2, 0) is 4.74 Å².